The van der Waals surface area contributed by atoms with Gasteiger partial charge in [0.15, 0.2) is 5.65 Å². The summed E-state index contributed by atoms with van der Waals surface area (Å²) in [6.45, 7) is 0.924. The van der Waals surface area contributed by atoms with Crippen molar-refractivity contribution in [2.45, 2.75) is 50.0 Å². The van der Waals surface area contributed by atoms with Crippen LogP contribution in [-0.2, 0) is 0 Å². The second kappa shape index (κ2) is 9.89. The number of fused-ring (bicyclic) bond motifs is 1. The van der Waals surface area contributed by atoms with Crippen molar-refractivity contribution in [3.63, 3.8) is 0 Å². The van der Waals surface area contributed by atoms with Crippen molar-refractivity contribution in [3.8, 4) is 0 Å². The first-order valence-corrected chi connectivity index (χ1v) is 12.1. The van der Waals surface area contributed by atoms with Crippen LogP contribution in [0, 0.1) is 0 Å². The first-order valence-electron chi connectivity index (χ1n) is 11.7. The van der Waals surface area contributed by atoms with Gasteiger partial charge in [-0.15, -0.1) is 5.10 Å². The zero-order chi connectivity index (χ0) is 22.6. The van der Waals surface area contributed by atoms with Gasteiger partial charge in [0.05, 0.1) is 0 Å². The Labute approximate surface area is 199 Å². The van der Waals surface area contributed by atoms with Crippen molar-refractivity contribution < 1.29 is 0 Å². The number of halogens is 1. The molecule has 1 aliphatic rings. The topological polar surface area (TPSA) is 92.5 Å². The van der Waals surface area contributed by atoms with Crippen molar-refractivity contribution >= 4 is 28.6 Å². The van der Waals surface area contributed by atoms with Crippen molar-refractivity contribution in [2.75, 3.05) is 12.3 Å². The molecule has 2 aromatic heterocycles. The minimum Gasteiger partial charge on any atom is -0.384 e. The van der Waals surface area contributed by atoms with E-state index in [1.807, 2.05) is 18.2 Å². The molecule has 1 saturated carbocycles. The molecule has 6 nitrogen and oxygen atoms in total. The molecule has 0 aliphatic heterocycles. The highest BCUT2D eigenvalue weighted by Crippen LogP contribution is 2.35. The number of pyridine rings is 1. The Morgan fingerprint density at radius 3 is 2.64 bits per heavy atom. The minimum atomic E-state index is 0.166. The number of hydrogen-bond acceptors (Lipinski definition) is 5. The molecule has 2 heterocycles. The predicted molar refractivity (Wildman–Crippen MR) is 133 cm³/mol. The summed E-state index contributed by atoms with van der Waals surface area (Å²) in [5.41, 5.74) is 11.2. The lowest BCUT2D eigenvalue weighted by molar-refractivity contribution is 0.340. The number of nitrogen functional groups attached to an aromatic ring is 1. The van der Waals surface area contributed by atoms with Crippen molar-refractivity contribution in [3.05, 3.63) is 82.4 Å². The van der Waals surface area contributed by atoms with E-state index in [1.54, 1.807) is 0 Å². The molecule has 1 unspecified atom stereocenters. The second-order valence-electron chi connectivity index (χ2n) is 8.95. The Morgan fingerprint density at radius 1 is 1.03 bits per heavy atom. The van der Waals surface area contributed by atoms with Gasteiger partial charge in [-0.2, -0.15) is 0 Å². The standard InChI is InChI=1S/C26H29ClN6/c27-20-8-4-7-19(15-20)17-9-11-21(12-10-17)29-14-13-22(18-5-2-1-3-6-18)23-16-24(28)30-26-25(23)31-33-32-26/h1-8,15-17,21-22,29H,9-14H2,(H3,28,30,31,32,33). The van der Waals surface area contributed by atoms with Gasteiger partial charge < -0.3 is 11.1 Å². The Hall–Kier alpha value is -2.96. The number of aromatic amines is 1. The molecule has 2 aromatic carbocycles. The van der Waals surface area contributed by atoms with Gasteiger partial charge in [-0.3, -0.25) is 0 Å². The van der Waals surface area contributed by atoms with Crippen LogP contribution in [0.4, 0.5) is 5.82 Å². The third-order valence-electron chi connectivity index (χ3n) is 6.84. The number of nitrogens with zero attached hydrogens (tertiary/aromatic N) is 3. The van der Waals surface area contributed by atoms with E-state index in [0.717, 1.165) is 29.1 Å². The molecule has 0 radical (unpaired) electrons. The molecule has 0 saturated heterocycles. The number of aromatic nitrogens is 4. The molecule has 1 atom stereocenters. The fourth-order valence-electron chi connectivity index (χ4n) is 5.16. The van der Waals surface area contributed by atoms with E-state index in [2.05, 4.69) is 68.2 Å². The number of nitrogens with two attached hydrogens (primary N) is 1. The number of benzene rings is 2. The minimum absolute atomic E-state index is 0.166. The maximum absolute atomic E-state index is 6.20. The lowest BCUT2D eigenvalue weighted by atomic mass is 9.81. The second-order valence-corrected chi connectivity index (χ2v) is 9.39. The SMILES string of the molecule is Nc1cc(C(CCNC2CCC(c3cccc(Cl)c3)CC2)c2ccccc2)c2nn[nH]c2n1. The summed E-state index contributed by atoms with van der Waals surface area (Å²) >= 11 is 6.20. The molecular formula is C26H29ClN6. The highest BCUT2D eigenvalue weighted by Gasteiger charge is 2.24. The van der Waals surface area contributed by atoms with E-state index in [4.69, 9.17) is 17.3 Å². The predicted octanol–water partition coefficient (Wildman–Crippen LogP) is 5.43. The lowest BCUT2D eigenvalue weighted by Crippen LogP contribution is -2.34. The Kier molecular flexibility index (Phi) is 6.55. The molecule has 5 rings (SSSR count). The highest BCUT2D eigenvalue weighted by molar-refractivity contribution is 6.30. The summed E-state index contributed by atoms with van der Waals surface area (Å²) in [5, 5.41) is 15.8. The number of hydrogen-bond donors (Lipinski definition) is 3. The highest BCUT2D eigenvalue weighted by atomic mass is 35.5. The maximum atomic E-state index is 6.20. The zero-order valence-electron chi connectivity index (χ0n) is 18.5. The first kappa shape index (κ1) is 21.9. The smallest absolute Gasteiger partial charge is 0.178 e. The van der Waals surface area contributed by atoms with Crippen LogP contribution >= 0.6 is 11.6 Å². The van der Waals surface area contributed by atoms with Gasteiger partial charge in [-0.1, -0.05) is 59.3 Å². The van der Waals surface area contributed by atoms with Gasteiger partial charge in [-0.25, -0.2) is 10.1 Å². The van der Waals surface area contributed by atoms with Crippen LogP contribution in [-0.4, -0.2) is 33.0 Å². The molecule has 1 fully saturated rings. The number of rotatable bonds is 7. The van der Waals surface area contributed by atoms with Crippen LogP contribution in [0.1, 0.15) is 60.6 Å². The molecule has 0 spiro atoms. The molecular weight excluding hydrogens is 432 g/mol. The van der Waals surface area contributed by atoms with Gasteiger partial charge in [0.2, 0.25) is 0 Å². The fraction of sp³-hybridized carbons (Fsp3) is 0.346. The fourth-order valence-corrected chi connectivity index (χ4v) is 5.36. The molecule has 7 heteroatoms. The molecule has 0 bridgehead atoms. The van der Waals surface area contributed by atoms with Crippen LogP contribution in [0.25, 0.3) is 11.2 Å². The van der Waals surface area contributed by atoms with Crippen LogP contribution < -0.4 is 11.1 Å². The largest absolute Gasteiger partial charge is 0.384 e. The molecule has 1 aliphatic carbocycles. The molecule has 33 heavy (non-hydrogen) atoms. The van der Waals surface area contributed by atoms with Gasteiger partial charge in [-0.05, 0) is 79.5 Å². The zero-order valence-corrected chi connectivity index (χ0v) is 19.3. The first-order chi connectivity index (χ1) is 16.2. The maximum Gasteiger partial charge on any atom is 0.178 e. The Bertz CT molecular complexity index is 1200. The molecule has 0 amide bonds. The number of H-pyrrole nitrogens is 1. The third-order valence-corrected chi connectivity index (χ3v) is 7.07. The Balaban J connectivity index is 1.25. The van der Waals surface area contributed by atoms with Gasteiger partial charge in [0.25, 0.3) is 0 Å². The monoisotopic (exact) mass is 460 g/mol. The van der Waals surface area contributed by atoms with E-state index in [-0.39, 0.29) is 5.92 Å². The van der Waals surface area contributed by atoms with Crippen LogP contribution in [0.2, 0.25) is 5.02 Å². The lowest BCUT2D eigenvalue weighted by Gasteiger charge is -2.30. The molecule has 4 N–H and O–H groups in total. The van der Waals surface area contributed by atoms with E-state index in [1.165, 1.54) is 36.8 Å². The van der Waals surface area contributed by atoms with Crippen molar-refractivity contribution in [1.29, 1.82) is 0 Å². The molecule has 170 valence electrons. The van der Waals surface area contributed by atoms with Crippen molar-refractivity contribution in [1.82, 2.24) is 25.7 Å². The number of anilines is 1. The van der Waals surface area contributed by atoms with Gasteiger partial charge in [0.1, 0.15) is 11.3 Å². The van der Waals surface area contributed by atoms with Crippen LogP contribution in [0.3, 0.4) is 0 Å². The summed E-state index contributed by atoms with van der Waals surface area (Å²) in [6, 6.07) is 21.4. The van der Waals surface area contributed by atoms with Crippen LogP contribution in [0.5, 0.6) is 0 Å². The summed E-state index contributed by atoms with van der Waals surface area (Å²) in [4.78, 5) is 4.34. The third kappa shape index (κ3) is 5.02. The average molecular weight is 461 g/mol. The van der Waals surface area contributed by atoms with Crippen molar-refractivity contribution in [2.24, 2.45) is 0 Å². The van der Waals surface area contributed by atoms with Gasteiger partial charge >= 0.3 is 0 Å². The summed E-state index contributed by atoms with van der Waals surface area (Å²) in [7, 11) is 0. The van der Waals surface area contributed by atoms with E-state index in [0.29, 0.717) is 23.4 Å². The average Bonchev–Trinajstić information content (AvgIpc) is 3.31. The summed E-state index contributed by atoms with van der Waals surface area (Å²) in [5.74, 6) is 1.26. The van der Waals surface area contributed by atoms with Gasteiger partial charge in [0, 0.05) is 17.0 Å². The van der Waals surface area contributed by atoms with E-state index >= 15 is 0 Å². The quantitative estimate of drug-likeness (QED) is 0.342. The van der Waals surface area contributed by atoms with Crippen LogP contribution in [0.15, 0.2) is 60.7 Å². The van der Waals surface area contributed by atoms with E-state index in [9.17, 15) is 0 Å². The Morgan fingerprint density at radius 2 is 1.85 bits per heavy atom. The number of nitrogens with one attached hydrogen (secondary N) is 2. The summed E-state index contributed by atoms with van der Waals surface area (Å²) < 4.78 is 0. The normalized spacial score (nSPS) is 19.5. The summed E-state index contributed by atoms with van der Waals surface area (Å²) in [6.07, 6.45) is 5.70. The van der Waals surface area contributed by atoms with E-state index < -0.39 is 0 Å². The molecule has 4 aromatic rings.